The van der Waals surface area contributed by atoms with E-state index in [1.165, 1.54) is 6.92 Å². The van der Waals surface area contributed by atoms with Crippen LogP contribution in [0.1, 0.15) is 49.8 Å². The SMILES string of the molecule is CCOC(=O)c1nnn(CCCC(C)C)c1C(F)(F)F. The molecule has 1 aromatic heterocycles. The fraction of sp³-hybridized carbons (Fsp3) is 0.750. The molecule has 8 heteroatoms. The molecule has 0 aromatic carbocycles. The first kappa shape index (κ1) is 16.5. The van der Waals surface area contributed by atoms with Crippen LogP contribution in [-0.2, 0) is 17.5 Å². The van der Waals surface area contributed by atoms with Crippen LogP contribution in [0, 0.1) is 5.92 Å². The number of aromatic nitrogens is 3. The van der Waals surface area contributed by atoms with E-state index in [1.807, 2.05) is 13.8 Å². The Bertz CT molecular complexity index is 455. The van der Waals surface area contributed by atoms with Crippen LogP contribution in [0.4, 0.5) is 13.2 Å². The molecular weight excluding hydrogens is 275 g/mol. The summed E-state index contributed by atoms with van der Waals surface area (Å²) in [6.07, 6.45) is -3.39. The second-order valence-electron chi connectivity index (χ2n) is 4.76. The molecule has 0 radical (unpaired) electrons. The quantitative estimate of drug-likeness (QED) is 0.757. The van der Waals surface area contributed by atoms with E-state index in [0.29, 0.717) is 12.3 Å². The van der Waals surface area contributed by atoms with E-state index in [0.717, 1.165) is 11.1 Å². The van der Waals surface area contributed by atoms with E-state index in [-0.39, 0.29) is 13.2 Å². The van der Waals surface area contributed by atoms with Gasteiger partial charge in [0.1, 0.15) is 0 Å². The van der Waals surface area contributed by atoms with Gasteiger partial charge in [-0.3, -0.25) is 0 Å². The second-order valence-corrected chi connectivity index (χ2v) is 4.76. The summed E-state index contributed by atoms with van der Waals surface area (Å²) in [4.78, 5) is 11.5. The van der Waals surface area contributed by atoms with Crippen LogP contribution in [-0.4, -0.2) is 27.6 Å². The molecular formula is C12H18F3N3O2. The number of hydrogen-bond acceptors (Lipinski definition) is 4. The first-order valence-corrected chi connectivity index (χ1v) is 6.45. The summed E-state index contributed by atoms with van der Waals surface area (Å²) in [6, 6.07) is 0. The fourth-order valence-electron chi connectivity index (χ4n) is 1.74. The highest BCUT2D eigenvalue weighted by atomic mass is 19.4. The molecule has 0 bridgehead atoms. The van der Waals surface area contributed by atoms with E-state index in [1.54, 1.807) is 0 Å². The molecule has 1 heterocycles. The summed E-state index contributed by atoms with van der Waals surface area (Å²) in [6.45, 7) is 5.53. The summed E-state index contributed by atoms with van der Waals surface area (Å²) in [7, 11) is 0. The Morgan fingerprint density at radius 2 is 2.05 bits per heavy atom. The van der Waals surface area contributed by atoms with Gasteiger partial charge in [-0.15, -0.1) is 5.10 Å². The number of aryl methyl sites for hydroxylation is 1. The fourth-order valence-corrected chi connectivity index (χ4v) is 1.74. The van der Waals surface area contributed by atoms with Gasteiger partial charge in [0.15, 0.2) is 5.69 Å². The molecule has 0 spiro atoms. The molecule has 0 unspecified atom stereocenters. The summed E-state index contributed by atoms with van der Waals surface area (Å²) in [5.74, 6) is -0.715. The Morgan fingerprint density at radius 1 is 1.40 bits per heavy atom. The highest BCUT2D eigenvalue weighted by Crippen LogP contribution is 2.31. The lowest BCUT2D eigenvalue weighted by molar-refractivity contribution is -0.144. The van der Waals surface area contributed by atoms with Gasteiger partial charge in [-0.2, -0.15) is 13.2 Å². The number of hydrogen-bond donors (Lipinski definition) is 0. The predicted octanol–water partition coefficient (Wildman–Crippen LogP) is 2.91. The van der Waals surface area contributed by atoms with Crippen molar-refractivity contribution in [2.45, 2.75) is 46.3 Å². The molecule has 0 N–H and O–H groups in total. The molecule has 0 saturated heterocycles. The maximum Gasteiger partial charge on any atom is 0.435 e. The van der Waals surface area contributed by atoms with E-state index >= 15 is 0 Å². The summed E-state index contributed by atoms with van der Waals surface area (Å²) >= 11 is 0. The van der Waals surface area contributed by atoms with Crippen molar-refractivity contribution >= 4 is 5.97 Å². The number of esters is 1. The molecule has 0 aliphatic carbocycles. The molecule has 5 nitrogen and oxygen atoms in total. The lowest BCUT2D eigenvalue weighted by Crippen LogP contribution is -2.19. The van der Waals surface area contributed by atoms with Gasteiger partial charge in [-0.05, 0) is 25.7 Å². The first-order valence-electron chi connectivity index (χ1n) is 6.45. The van der Waals surface area contributed by atoms with E-state index in [9.17, 15) is 18.0 Å². The summed E-state index contributed by atoms with van der Waals surface area (Å²) in [5.41, 5.74) is -1.91. The Morgan fingerprint density at radius 3 is 2.55 bits per heavy atom. The van der Waals surface area contributed by atoms with Crippen molar-refractivity contribution in [2.24, 2.45) is 5.92 Å². The van der Waals surface area contributed by atoms with Gasteiger partial charge in [0.2, 0.25) is 5.69 Å². The minimum Gasteiger partial charge on any atom is -0.461 e. The molecule has 0 aliphatic rings. The van der Waals surface area contributed by atoms with E-state index in [4.69, 9.17) is 0 Å². The number of rotatable bonds is 6. The van der Waals surface area contributed by atoms with Crippen LogP contribution in [0.3, 0.4) is 0 Å². The standard InChI is InChI=1S/C12H18F3N3O2/c1-4-20-11(19)9-10(12(13,14)15)18(17-16-9)7-5-6-8(2)3/h8H,4-7H2,1-3H3. The molecule has 0 saturated carbocycles. The third-order valence-electron chi connectivity index (χ3n) is 2.62. The van der Waals surface area contributed by atoms with Crippen molar-refractivity contribution in [2.75, 3.05) is 6.61 Å². The van der Waals surface area contributed by atoms with Gasteiger partial charge in [0.25, 0.3) is 0 Å². The van der Waals surface area contributed by atoms with E-state index in [2.05, 4.69) is 15.0 Å². The molecule has 0 amide bonds. The molecule has 0 fully saturated rings. The molecule has 0 aliphatic heterocycles. The number of nitrogens with zero attached hydrogens (tertiary/aromatic N) is 3. The number of ether oxygens (including phenoxy) is 1. The maximum atomic E-state index is 13.0. The maximum absolute atomic E-state index is 13.0. The average Bonchev–Trinajstić information content (AvgIpc) is 2.72. The van der Waals surface area contributed by atoms with Gasteiger partial charge < -0.3 is 4.74 Å². The first-order chi connectivity index (χ1) is 9.27. The Kier molecular flexibility index (Phi) is 5.52. The molecule has 114 valence electrons. The third-order valence-corrected chi connectivity index (χ3v) is 2.62. The van der Waals surface area contributed by atoms with Gasteiger partial charge >= 0.3 is 12.1 Å². The smallest absolute Gasteiger partial charge is 0.435 e. The van der Waals surface area contributed by atoms with Crippen molar-refractivity contribution in [3.63, 3.8) is 0 Å². The van der Waals surface area contributed by atoms with Gasteiger partial charge in [0, 0.05) is 6.54 Å². The number of carbonyl (C=O) groups is 1. The van der Waals surface area contributed by atoms with E-state index < -0.39 is 23.5 Å². The Hall–Kier alpha value is -1.60. The Labute approximate surface area is 115 Å². The Balaban J connectivity index is 2.98. The van der Waals surface area contributed by atoms with Crippen molar-refractivity contribution in [3.05, 3.63) is 11.4 Å². The zero-order valence-corrected chi connectivity index (χ0v) is 11.7. The average molecular weight is 293 g/mol. The highest BCUT2D eigenvalue weighted by molar-refractivity contribution is 5.88. The number of alkyl halides is 3. The van der Waals surface area contributed by atoms with Crippen LogP contribution in [0.25, 0.3) is 0 Å². The van der Waals surface area contributed by atoms with Crippen LogP contribution in [0.15, 0.2) is 0 Å². The zero-order valence-electron chi connectivity index (χ0n) is 11.7. The van der Waals surface area contributed by atoms with Crippen molar-refractivity contribution in [1.82, 2.24) is 15.0 Å². The predicted molar refractivity (Wildman–Crippen MR) is 65.1 cm³/mol. The third kappa shape index (κ3) is 4.21. The highest BCUT2D eigenvalue weighted by Gasteiger charge is 2.41. The number of carbonyl (C=O) groups excluding carboxylic acids is 1. The van der Waals surface area contributed by atoms with Crippen LogP contribution >= 0.6 is 0 Å². The van der Waals surface area contributed by atoms with Gasteiger partial charge in [0.05, 0.1) is 6.61 Å². The zero-order chi connectivity index (χ0) is 15.3. The molecule has 0 atom stereocenters. The molecule has 1 rings (SSSR count). The molecule has 1 aromatic rings. The lowest BCUT2D eigenvalue weighted by atomic mass is 10.1. The van der Waals surface area contributed by atoms with Crippen molar-refractivity contribution < 1.29 is 22.7 Å². The monoisotopic (exact) mass is 293 g/mol. The van der Waals surface area contributed by atoms with Crippen LogP contribution in [0.2, 0.25) is 0 Å². The summed E-state index contributed by atoms with van der Waals surface area (Å²) in [5, 5.41) is 6.75. The van der Waals surface area contributed by atoms with Crippen molar-refractivity contribution in [1.29, 1.82) is 0 Å². The topological polar surface area (TPSA) is 57.0 Å². The number of halogens is 3. The minimum atomic E-state index is -4.69. The van der Waals surface area contributed by atoms with Crippen molar-refractivity contribution in [3.8, 4) is 0 Å². The molecule has 20 heavy (non-hydrogen) atoms. The normalized spacial score (nSPS) is 11.9. The van der Waals surface area contributed by atoms with Gasteiger partial charge in [-0.25, -0.2) is 9.48 Å². The second kappa shape index (κ2) is 6.71. The van der Waals surface area contributed by atoms with Gasteiger partial charge in [-0.1, -0.05) is 19.1 Å². The summed E-state index contributed by atoms with van der Waals surface area (Å²) < 4.78 is 44.4. The largest absolute Gasteiger partial charge is 0.461 e. The van der Waals surface area contributed by atoms with Crippen LogP contribution < -0.4 is 0 Å². The minimum absolute atomic E-state index is 0.0175. The lowest BCUT2D eigenvalue weighted by Gasteiger charge is -2.11. The van der Waals surface area contributed by atoms with Crippen LogP contribution in [0.5, 0.6) is 0 Å².